The summed E-state index contributed by atoms with van der Waals surface area (Å²) in [7, 11) is 0. The van der Waals surface area contributed by atoms with Crippen LogP contribution in [0.25, 0.3) is 0 Å². The van der Waals surface area contributed by atoms with E-state index in [1.807, 2.05) is 6.07 Å². The van der Waals surface area contributed by atoms with Crippen LogP contribution in [0.3, 0.4) is 0 Å². The van der Waals surface area contributed by atoms with Gasteiger partial charge in [-0.3, -0.25) is 9.69 Å². The Hall–Kier alpha value is -1.35. The molecule has 0 saturated carbocycles. The molecule has 1 amide bonds. The monoisotopic (exact) mass is 263 g/mol. The Labute approximate surface area is 111 Å². The predicted molar refractivity (Wildman–Crippen MR) is 72.9 cm³/mol. The molecule has 18 heavy (non-hydrogen) atoms. The molecule has 0 spiro atoms. The van der Waals surface area contributed by atoms with Gasteiger partial charge < -0.3 is 11.5 Å². The molecule has 1 aromatic heterocycles. The highest BCUT2D eigenvalue weighted by Gasteiger charge is 2.28. The molecule has 0 bridgehead atoms. The lowest BCUT2D eigenvalue weighted by molar-refractivity contribution is -0.122. The Morgan fingerprint density at radius 1 is 1.56 bits per heavy atom. The van der Waals surface area contributed by atoms with Crippen LogP contribution in [-0.2, 0) is 11.3 Å². The van der Waals surface area contributed by atoms with E-state index in [1.54, 1.807) is 11.3 Å². The predicted octanol–water partition coefficient (Wildman–Crippen LogP) is 0.508. The molecule has 2 heterocycles. The molecule has 1 fully saturated rings. The van der Waals surface area contributed by atoms with Crippen LogP contribution >= 0.6 is 11.3 Å². The minimum atomic E-state index is -0.216. The van der Waals surface area contributed by atoms with Gasteiger partial charge >= 0.3 is 0 Å². The van der Waals surface area contributed by atoms with E-state index in [9.17, 15) is 4.79 Å². The molecule has 1 saturated heterocycles. The van der Waals surface area contributed by atoms with Crippen molar-refractivity contribution in [2.75, 3.05) is 13.1 Å². The standard InChI is InChI=1S/C13H17N3OS/c14-7-1-3-10-5-6-11(18-10)9-16-8-2-4-12(16)13(15)17/h5-6,12H,2,4,7-9,14H2,(H2,15,17). The van der Waals surface area contributed by atoms with Crippen molar-refractivity contribution in [2.24, 2.45) is 11.5 Å². The zero-order valence-electron chi connectivity index (χ0n) is 10.2. The van der Waals surface area contributed by atoms with E-state index in [1.165, 1.54) is 4.88 Å². The van der Waals surface area contributed by atoms with Gasteiger partial charge in [-0.2, -0.15) is 0 Å². The van der Waals surface area contributed by atoms with Crippen molar-refractivity contribution in [1.82, 2.24) is 4.90 Å². The van der Waals surface area contributed by atoms with Crippen LogP contribution in [0.2, 0.25) is 0 Å². The average Bonchev–Trinajstić information content (AvgIpc) is 2.96. The number of carbonyl (C=O) groups is 1. The van der Waals surface area contributed by atoms with Gasteiger partial charge in [-0.15, -0.1) is 11.3 Å². The van der Waals surface area contributed by atoms with Crippen LogP contribution in [0.5, 0.6) is 0 Å². The Bertz CT molecular complexity index is 486. The first kappa shape index (κ1) is 13.1. The number of carbonyl (C=O) groups excluding carboxylic acids is 1. The maximum Gasteiger partial charge on any atom is 0.234 e. The molecule has 1 unspecified atom stereocenters. The molecule has 0 radical (unpaired) electrons. The number of nitrogens with zero attached hydrogens (tertiary/aromatic N) is 1. The Kier molecular flexibility index (Phi) is 4.37. The normalized spacial score (nSPS) is 19.5. The van der Waals surface area contributed by atoms with Crippen LogP contribution in [0.1, 0.15) is 22.6 Å². The summed E-state index contributed by atoms with van der Waals surface area (Å²) in [4.78, 5) is 15.7. The second kappa shape index (κ2) is 6.01. The summed E-state index contributed by atoms with van der Waals surface area (Å²) in [6, 6.07) is 3.95. The fourth-order valence-electron chi connectivity index (χ4n) is 2.21. The minimum Gasteiger partial charge on any atom is -0.368 e. The topological polar surface area (TPSA) is 72.3 Å². The van der Waals surface area contributed by atoms with Gasteiger partial charge in [-0.25, -0.2) is 0 Å². The van der Waals surface area contributed by atoms with Gasteiger partial charge in [0, 0.05) is 11.4 Å². The number of primary amides is 1. The van der Waals surface area contributed by atoms with E-state index < -0.39 is 0 Å². The number of rotatable bonds is 3. The zero-order chi connectivity index (χ0) is 13.0. The Balaban J connectivity index is 2.01. The first-order valence-electron chi connectivity index (χ1n) is 6.01. The quantitative estimate of drug-likeness (QED) is 0.780. The SMILES string of the molecule is NCC#Cc1ccc(CN2CCCC2C(N)=O)s1. The summed E-state index contributed by atoms with van der Waals surface area (Å²) < 4.78 is 0. The number of hydrogen-bond acceptors (Lipinski definition) is 4. The molecule has 2 rings (SSSR count). The second-order valence-electron chi connectivity index (χ2n) is 4.30. The van der Waals surface area contributed by atoms with E-state index in [0.29, 0.717) is 6.54 Å². The van der Waals surface area contributed by atoms with Crippen LogP contribution in [0.4, 0.5) is 0 Å². The molecule has 5 heteroatoms. The highest BCUT2D eigenvalue weighted by Crippen LogP contribution is 2.23. The zero-order valence-corrected chi connectivity index (χ0v) is 11.0. The molecule has 96 valence electrons. The van der Waals surface area contributed by atoms with Crippen LogP contribution in [-0.4, -0.2) is 29.9 Å². The largest absolute Gasteiger partial charge is 0.368 e. The van der Waals surface area contributed by atoms with Gasteiger partial charge in [-0.1, -0.05) is 11.8 Å². The van der Waals surface area contributed by atoms with Gasteiger partial charge in [0.15, 0.2) is 0 Å². The highest BCUT2D eigenvalue weighted by molar-refractivity contribution is 7.12. The third-order valence-corrected chi connectivity index (χ3v) is 4.01. The lowest BCUT2D eigenvalue weighted by Crippen LogP contribution is -2.39. The summed E-state index contributed by atoms with van der Waals surface area (Å²) in [6.45, 7) is 2.10. The molecule has 0 aromatic carbocycles. The summed E-state index contributed by atoms with van der Waals surface area (Å²) >= 11 is 1.65. The highest BCUT2D eigenvalue weighted by atomic mass is 32.1. The van der Waals surface area contributed by atoms with Crippen molar-refractivity contribution >= 4 is 17.2 Å². The van der Waals surface area contributed by atoms with Crippen molar-refractivity contribution in [1.29, 1.82) is 0 Å². The summed E-state index contributed by atoms with van der Waals surface area (Å²) in [6.07, 6.45) is 1.92. The van der Waals surface area contributed by atoms with Gasteiger partial charge in [-0.05, 0) is 31.5 Å². The van der Waals surface area contributed by atoms with E-state index in [4.69, 9.17) is 11.5 Å². The maximum absolute atomic E-state index is 11.3. The fourth-order valence-corrected chi connectivity index (χ4v) is 3.11. The van der Waals surface area contributed by atoms with Gasteiger partial charge in [0.25, 0.3) is 0 Å². The number of thiophene rings is 1. The van der Waals surface area contributed by atoms with Gasteiger partial charge in [0.1, 0.15) is 0 Å². The van der Waals surface area contributed by atoms with Crippen molar-refractivity contribution in [3.8, 4) is 11.8 Å². The number of likely N-dealkylation sites (tertiary alicyclic amines) is 1. The van der Waals surface area contributed by atoms with E-state index in [2.05, 4.69) is 22.8 Å². The first-order chi connectivity index (χ1) is 8.70. The third-order valence-electron chi connectivity index (χ3n) is 3.03. The lowest BCUT2D eigenvalue weighted by atomic mass is 10.2. The summed E-state index contributed by atoms with van der Waals surface area (Å²) in [5.41, 5.74) is 10.7. The Morgan fingerprint density at radius 2 is 2.39 bits per heavy atom. The minimum absolute atomic E-state index is 0.106. The van der Waals surface area contributed by atoms with E-state index in [0.717, 1.165) is 30.8 Å². The van der Waals surface area contributed by atoms with Crippen molar-refractivity contribution in [2.45, 2.75) is 25.4 Å². The average molecular weight is 263 g/mol. The van der Waals surface area contributed by atoms with Gasteiger partial charge in [0.05, 0.1) is 17.5 Å². The number of nitrogens with two attached hydrogens (primary N) is 2. The van der Waals surface area contributed by atoms with Crippen molar-refractivity contribution in [3.05, 3.63) is 21.9 Å². The molecule has 1 atom stereocenters. The van der Waals surface area contributed by atoms with Crippen molar-refractivity contribution < 1.29 is 4.79 Å². The molecular weight excluding hydrogens is 246 g/mol. The van der Waals surface area contributed by atoms with Crippen LogP contribution in [0.15, 0.2) is 12.1 Å². The third kappa shape index (κ3) is 3.10. The molecular formula is C13H17N3OS. The second-order valence-corrected chi connectivity index (χ2v) is 5.47. The van der Waals surface area contributed by atoms with E-state index >= 15 is 0 Å². The molecule has 1 aromatic rings. The van der Waals surface area contributed by atoms with E-state index in [-0.39, 0.29) is 11.9 Å². The number of hydrogen-bond donors (Lipinski definition) is 2. The number of amides is 1. The fraction of sp³-hybridized carbons (Fsp3) is 0.462. The summed E-state index contributed by atoms with van der Waals surface area (Å²) in [5.74, 6) is 5.64. The van der Waals surface area contributed by atoms with Crippen molar-refractivity contribution in [3.63, 3.8) is 0 Å². The molecule has 1 aliphatic rings. The molecule has 1 aliphatic heterocycles. The van der Waals surface area contributed by atoms with Crippen LogP contribution < -0.4 is 11.5 Å². The Morgan fingerprint density at radius 3 is 3.11 bits per heavy atom. The smallest absolute Gasteiger partial charge is 0.234 e. The lowest BCUT2D eigenvalue weighted by Gasteiger charge is -2.20. The maximum atomic E-state index is 11.3. The molecule has 4 nitrogen and oxygen atoms in total. The molecule has 0 aliphatic carbocycles. The van der Waals surface area contributed by atoms with Crippen LogP contribution in [0, 0.1) is 11.8 Å². The summed E-state index contributed by atoms with van der Waals surface area (Å²) in [5, 5.41) is 0. The molecule has 4 N–H and O–H groups in total. The first-order valence-corrected chi connectivity index (χ1v) is 6.83. The van der Waals surface area contributed by atoms with Gasteiger partial charge in [0.2, 0.25) is 5.91 Å².